The zero-order valence-electron chi connectivity index (χ0n) is 6.05. The minimum Gasteiger partial charge on any atom is -0.247 e. The molecule has 0 atom stereocenters. The quantitative estimate of drug-likeness (QED) is 0.689. The van der Waals surface area contributed by atoms with E-state index in [0.717, 1.165) is 10.3 Å². The molecule has 2 aromatic rings. The molecule has 0 amide bonds. The molecule has 60 valence electrons. The van der Waals surface area contributed by atoms with Crippen LogP contribution in [0.1, 0.15) is 0 Å². The third-order valence-electron chi connectivity index (χ3n) is 1.41. The lowest BCUT2D eigenvalue weighted by Gasteiger charge is -1.99. The highest BCUT2D eigenvalue weighted by Crippen LogP contribution is 2.15. The average Bonchev–Trinajstić information content (AvgIpc) is 2.57. The first kappa shape index (κ1) is 7.42. The van der Waals surface area contributed by atoms with Crippen LogP contribution in [0.4, 0.5) is 0 Å². The maximum Gasteiger partial charge on any atom is 0.131 e. The summed E-state index contributed by atoms with van der Waals surface area (Å²) in [5, 5.41) is 7.55. The van der Waals surface area contributed by atoms with Gasteiger partial charge in [0.15, 0.2) is 0 Å². The Labute approximate surface area is 77.4 Å². The molecule has 0 unspecified atom stereocenters. The first-order valence-electron chi connectivity index (χ1n) is 3.35. The molecule has 12 heavy (non-hydrogen) atoms. The van der Waals surface area contributed by atoms with Crippen LogP contribution in [0.25, 0.3) is 5.69 Å². The van der Waals surface area contributed by atoms with Crippen molar-refractivity contribution in [1.29, 1.82) is 0 Å². The molecule has 4 nitrogen and oxygen atoms in total. The Morgan fingerprint density at radius 1 is 1.33 bits per heavy atom. The summed E-state index contributed by atoms with van der Waals surface area (Å²) in [6, 6.07) is 3.76. The van der Waals surface area contributed by atoms with Crippen molar-refractivity contribution in [1.82, 2.24) is 20.0 Å². The van der Waals surface area contributed by atoms with Gasteiger partial charge in [-0.25, -0.2) is 9.67 Å². The summed E-state index contributed by atoms with van der Waals surface area (Å²) in [6.45, 7) is 0. The van der Waals surface area contributed by atoms with Gasteiger partial charge in [0.25, 0.3) is 0 Å². The molecule has 0 bridgehead atoms. The van der Waals surface area contributed by atoms with E-state index in [9.17, 15) is 0 Å². The smallest absolute Gasteiger partial charge is 0.131 e. The molecule has 0 aliphatic rings. The SMILES string of the molecule is Brc1ncccc1-n1ccnn1. The summed E-state index contributed by atoms with van der Waals surface area (Å²) >= 11 is 3.32. The van der Waals surface area contributed by atoms with Gasteiger partial charge in [0.05, 0.1) is 18.1 Å². The second kappa shape index (κ2) is 3.02. The number of aromatic nitrogens is 4. The highest BCUT2D eigenvalue weighted by molar-refractivity contribution is 9.10. The van der Waals surface area contributed by atoms with E-state index in [1.54, 1.807) is 23.3 Å². The van der Waals surface area contributed by atoms with Crippen LogP contribution in [0.5, 0.6) is 0 Å². The Bertz CT molecular complexity index is 371. The minimum absolute atomic E-state index is 0.760. The van der Waals surface area contributed by atoms with E-state index in [1.165, 1.54) is 0 Å². The topological polar surface area (TPSA) is 43.6 Å². The number of pyridine rings is 1. The fraction of sp³-hybridized carbons (Fsp3) is 0. The Hall–Kier alpha value is -1.23. The average molecular weight is 225 g/mol. The molecule has 0 saturated heterocycles. The van der Waals surface area contributed by atoms with Gasteiger partial charge in [-0.3, -0.25) is 0 Å². The molecule has 0 radical (unpaired) electrons. The van der Waals surface area contributed by atoms with Crippen LogP contribution in [-0.2, 0) is 0 Å². The van der Waals surface area contributed by atoms with Gasteiger partial charge in [0.2, 0.25) is 0 Å². The van der Waals surface area contributed by atoms with E-state index in [0.29, 0.717) is 0 Å². The summed E-state index contributed by atoms with van der Waals surface area (Å²) < 4.78 is 2.41. The van der Waals surface area contributed by atoms with Crippen molar-refractivity contribution in [3.8, 4) is 5.69 Å². The number of rotatable bonds is 1. The molecule has 0 aliphatic heterocycles. The van der Waals surface area contributed by atoms with Crippen LogP contribution in [0, 0.1) is 0 Å². The summed E-state index contributed by atoms with van der Waals surface area (Å²) in [5.74, 6) is 0. The minimum atomic E-state index is 0.760. The molecular weight excluding hydrogens is 220 g/mol. The highest BCUT2D eigenvalue weighted by atomic mass is 79.9. The van der Waals surface area contributed by atoms with Gasteiger partial charge in [0, 0.05) is 6.20 Å². The number of hydrogen-bond acceptors (Lipinski definition) is 3. The molecule has 2 aromatic heterocycles. The van der Waals surface area contributed by atoms with E-state index >= 15 is 0 Å². The lowest BCUT2D eigenvalue weighted by atomic mass is 10.4. The Morgan fingerprint density at radius 3 is 2.92 bits per heavy atom. The molecule has 0 spiro atoms. The summed E-state index contributed by atoms with van der Waals surface area (Å²) in [5.41, 5.74) is 0.884. The predicted octanol–water partition coefficient (Wildman–Crippen LogP) is 1.42. The van der Waals surface area contributed by atoms with Gasteiger partial charge in [-0.05, 0) is 28.1 Å². The van der Waals surface area contributed by atoms with Crippen LogP contribution < -0.4 is 0 Å². The van der Waals surface area contributed by atoms with Gasteiger partial charge in [0.1, 0.15) is 4.60 Å². The summed E-state index contributed by atoms with van der Waals surface area (Å²) in [6.07, 6.45) is 5.10. The maximum atomic E-state index is 4.06. The summed E-state index contributed by atoms with van der Waals surface area (Å²) in [4.78, 5) is 4.06. The van der Waals surface area contributed by atoms with Gasteiger partial charge in [-0.2, -0.15) is 0 Å². The fourth-order valence-corrected chi connectivity index (χ4v) is 1.32. The van der Waals surface area contributed by atoms with Crippen molar-refractivity contribution >= 4 is 15.9 Å². The van der Waals surface area contributed by atoms with E-state index < -0.39 is 0 Å². The number of hydrogen-bond donors (Lipinski definition) is 0. The molecular formula is C7H5BrN4. The van der Waals surface area contributed by atoms with Crippen molar-refractivity contribution in [2.45, 2.75) is 0 Å². The third kappa shape index (κ3) is 1.23. The predicted molar refractivity (Wildman–Crippen MR) is 46.9 cm³/mol. The first-order valence-corrected chi connectivity index (χ1v) is 4.14. The zero-order valence-corrected chi connectivity index (χ0v) is 7.64. The van der Waals surface area contributed by atoms with Crippen LogP contribution in [0.2, 0.25) is 0 Å². The Morgan fingerprint density at radius 2 is 2.25 bits per heavy atom. The lowest BCUT2D eigenvalue weighted by Crippen LogP contribution is -1.96. The van der Waals surface area contributed by atoms with Crippen LogP contribution in [-0.4, -0.2) is 20.0 Å². The van der Waals surface area contributed by atoms with Crippen molar-refractivity contribution in [3.05, 3.63) is 35.3 Å². The van der Waals surface area contributed by atoms with Gasteiger partial charge >= 0.3 is 0 Å². The lowest BCUT2D eigenvalue weighted by molar-refractivity contribution is 0.795. The largest absolute Gasteiger partial charge is 0.247 e. The molecule has 0 aliphatic carbocycles. The third-order valence-corrected chi connectivity index (χ3v) is 2.02. The van der Waals surface area contributed by atoms with Gasteiger partial charge < -0.3 is 0 Å². The van der Waals surface area contributed by atoms with Crippen LogP contribution in [0.3, 0.4) is 0 Å². The van der Waals surface area contributed by atoms with Gasteiger partial charge in [-0.1, -0.05) is 5.21 Å². The Kier molecular flexibility index (Phi) is 1.87. The van der Waals surface area contributed by atoms with Crippen LogP contribution >= 0.6 is 15.9 Å². The van der Waals surface area contributed by atoms with E-state index in [2.05, 4.69) is 31.2 Å². The zero-order chi connectivity index (χ0) is 8.39. The number of halogens is 1. The molecule has 0 saturated carbocycles. The maximum absolute atomic E-state index is 4.06. The Balaban J connectivity index is 2.55. The van der Waals surface area contributed by atoms with Gasteiger partial charge in [-0.15, -0.1) is 5.10 Å². The second-order valence-electron chi connectivity index (χ2n) is 2.16. The fourth-order valence-electron chi connectivity index (χ4n) is 0.885. The molecule has 2 rings (SSSR count). The molecule has 0 N–H and O–H groups in total. The van der Waals surface area contributed by atoms with Crippen LogP contribution in [0.15, 0.2) is 35.3 Å². The molecule has 0 fully saturated rings. The summed E-state index contributed by atoms with van der Waals surface area (Å²) in [7, 11) is 0. The normalized spacial score (nSPS) is 10.1. The molecule has 5 heteroatoms. The monoisotopic (exact) mass is 224 g/mol. The van der Waals surface area contributed by atoms with Crippen molar-refractivity contribution < 1.29 is 0 Å². The van der Waals surface area contributed by atoms with Crippen molar-refractivity contribution in [2.75, 3.05) is 0 Å². The van der Waals surface area contributed by atoms with Crippen molar-refractivity contribution in [3.63, 3.8) is 0 Å². The number of nitrogens with zero attached hydrogens (tertiary/aromatic N) is 4. The van der Waals surface area contributed by atoms with E-state index in [1.807, 2.05) is 12.1 Å². The first-order chi connectivity index (χ1) is 5.88. The standard InChI is InChI=1S/C7H5BrN4/c8-7-6(2-1-3-9-7)12-5-4-10-11-12/h1-5H. The molecule has 2 heterocycles. The van der Waals surface area contributed by atoms with Crippen molar-refractivity contribution in [2.24, 2.45) is 0 Å². The molecule has 0 aromatic carbocycles. The van der Waals surface area contributed by atoms with E-state index in [-0.39, 0.29) is 0 Å². The van der Waals surface area contributed by atoms with E-state index in [4.69, 9.17) is 0 Å². The highest BCUT2D eigenvalue weighted by Gasteiger charge is 2.01. The second-order valence-corrected chi connectivity index (χ2v) is 2.91.